The van der Waals surface area contributed by atoms with Crippen LogP contribution in [0.3, 0.4) is 0 Å². The zero-order valence-electron chi connectivity index (χ0n) is 53.6. The molecule has 3 nitrogen and oxygen atoms in total. The van der Waals surface area contributed by atoms with Crippen molar-refractivity contribution in [1.82, 2.24) is 0 Å². The largest absolute Gasteiger partial charge is 0.376 e. The zero-order chi connectivity index (χ0) is 59.7. The maximum Gasteiger partial charge on any atom is 0.333 e. The first-order valence-corrected chi connectivity index (χ1v) is 31.7. The number of rotatable bonds is 6. The minimum absolute atomic E-state index is 0.00291. The molecule has 0 saturated heterocycles. The average Bonchev–Trinajstić information content (AvgIpc) is 1.60. The van der Waals surface area contributed by atoms with Crippen molar-refractivity contribution < 1.29 is 0 Å². The highest BCUT2D eigenvalue weighted by Gasteiger charge is 2.49. The van der Waals surface area contributed by atoms with Crippen LogP contribution >= 0.6 is 0 Å². The van der Waals surface area contributed by atoms with Gasteiger partial charge < -0.3 is 14.6 Å². The predicted octanol–water partition coefficient (Wildman–Crippen LogP) is 21.1. The summed E-state index contributed by atoms with van der Waals surface area (Å²) in [5, 5.41) is 0. The van der Waals surface area contributed by atoms with Gasteiger partial charge in [0.1, 0.15) is 0 Å². The highest BCUT2D eigenvalue weighted by molar-refractivity contribution is 6.93. The molecule has 85 heavy (non-hydrogen) atoms. The molecule has 0 aromatic heterocycles. The summed E-state index contributed by atoms with van der Waals surface area (Å²) in [7, 11) is 0. The molecule has 0 N–H and O–H groups in total. The van der Waals surface area contributed by atoms with Gasteiger partial charge in [0.15, 0.2) is 0 Å². The van der Waals surface area contributed by atoms with E-state index in [1.807, 2.05) is 0 Å². The van der Waals surface area contributed by atoms with Crippen molar-refractivity contribution in [2.24, 2.45) is 0 Å². The Kier molecular flexibility index (Phi) is 12.2. The summed E-state index contributed by atoms with van der Waals surface area (Å²) in [6, 6.07) is 72.1. The summed E-state index contributed by atoms with van der Waals surface area (Å²) in [6.45, 7) is 38.3. The molecule has 5 aliphatic rings. The molecule has 0 amide bonds. The van der Waals surface area contributed by atoms with Crippen LogP contribution in [0.15, 0.2) is 182 Å². The van der Waals surface area contributed by atoms with E-state index in [4.69, 9.17) is 0 Å². The van der Waals surface area contributed by atoms with Crippen molar-refractivity contribution in [2.75, 3.05) is 14.6 Å². The fourth-order valence-electron chi connectivity index (χ4n) is 15.8. The Hall–Kier alpha value is -7.56. The van der Waals surface area contributed by atoms with Crippen LogP contribution in [0.5, 0.6) is 0 Å². The second-order valence-electron chi connectivity index (χ2n) is 31.2. The molecule has 0 saturated carbocycles. The molecule has 0 atom stereocenters. The molecule has 9 aromatic rings. The summed E-state index contributed by atoms with van der Waals surface area (Å²) in [5.41, 5.74) is 31.0. The lowest BCUT2D eigenvalue weighted by molar-refractivity contribution is 0.332. The number of fused-ring (bicyclic) bond motifs is 9. The molecule has 428 valence electrons. The first-order valence-electron chi connectivity index (χ1n) is 31.7. The van der Waals surface area contributed by atoms with Gasteiger partial charge in [0.05, 0.1) is 0 Å². The van der Waals surface area contributed by atoms with Gasteiger partial charge in [-0.25, -0.2) is 0 Å². The molecule has 3 aliphatic carbocycles. The van der Waals surface area contributed by atoms with E-state index in [2.05, 4.69) is 307 Å². The normalized spacial score (nSPS) is 17.9. The number of nitrogens with zero attached hydrogens (tertiary/aromatic N) is 3. The summed E-state index contributed by atoms with van der Waals surface area (Å²) in [6.07, 6.45) is 4.62. The summed E-state index contributed by atoms with van der Waals surface area (Å²) in [5.74, 6) is 0. The van der Waals surface area contributed by atoms with Crippen LogP contribution in [0.2, 0.25) is 0 Å². The second kappa shape index (κ2) is 18.7. The van der Waals surface area contributed by atoms with Gasteiger partial charge >= 0.3 is 6.85 Å². The number of hydrogen-bond donors (Lipinski definition) is 0. The van der Waals surface area contributed by atoms with Gasteiger partial charge in [-0.05, 0) is 220 Å². The van der Waals surface area contributed by atoms with E-state index in [-0.39, 0.29) is 44.8 Å². The van der Waals surface area contributed by atoms with Crippen LogP contribution in [-0.2, 0) is 37.9 Å². The van der Waals surface area contributed by atoms with Gasteiger partial charge in [-0.15, -0.1) is 0 Å². The fraction of sp³-hybridized carbons (Fsp3) is 0.333. The lowest BCUT2D eigenvalue weighted by atomic mass is 9.43. The lowest BCUT2D eigenvalue weighted by Crippen LogP contribution is -2.61. The molecule has 0 unspecified atom stereocenters. The van der Waals surface area contributed by atoms with E-state index in [0.717, 1.165) is 29.9 Å². The minimum Gasteiger partial charge on any atom is -0.376 e. The second-order valence-corrected chi connectivity index (χ2v) is 31.2. The maximum absolute atomic E-state index is 2.80. The van der Waals surface area contributed by atoms with Crippen LogP contribution in [0.4, 0.5) is 45.5 Å². The fourth-order valence-corrected chi connectivity index (χ4v) is 15.8. The van der Waals surface area contributed by atoms with Crippen molar-refractivity contribution in [1.29, 1.82) is 0 Å². The topological polar surface area (TPSA) is 9.72 Å². The van der Waals surface area contributed by atoms with Gasteiger partial charge in [-0.1, -0.05) is 214 Å². The third-order valence-corrected chi connectivity index (χ3v) is 21.3. The van der Waals surface area contributed by atoms with Crippen molar-refractivity contribution in [3.8, 4) is 33.4 Å². The van der Waals surface area contributed by atoms with Crippen molar-refractivity contribution >= 4 is 63.3 Å². The van der Waals surface area contributed by atoms with Gasteiger partial charge in [-0.2, -0.15) is 0 Å². The van der Waals surface area contributed by atoms with Crippen LogP contribution in [0.25, 0.3) is 33.4 Å². The Balaban J connectivity index is 1.13. The van der Waals surface area contributed by atoms with Crippen LogP contribution in [-0.4, -0.2) is 6.85 Å². The van der Waals surface area contributed by atoms with Gasteiger partial charge in [0, 0.05) is 56.5 Å². The Morgan fingerprint density at radius 3 is 1.47 bits per heavy atom. The van der Waals surface area contributed by atoms with Gasteiger partial charge in [0.2, 0.25) is 0 Å². The third kappa shape index (κ3) is 8.72. The Bertz CT molecular complexity index is 4120. The first kappa shape index (κ1) is 55.3. The highest BCUT2D eigenvalue weighted by Crippen LogP contribution is 2.58. The molecule has 9 aromatic carbocycles. The molecular formula is C81H86BN3. The first-order chi connectivity index (χ1) is 40.1. The van der Waals surface area contributed by atoms with Gasteiger partial charge in [-0.3, -0.25) is 0 Å². The van der Waals surface area contributed by atoms with E-state index < -0.39 is 0 Å². The van der Waals surface area contributed by atoms with Crippen LogP contribution in [0.1, 0.15) is 181 Å². The van der Waals surface area contributed by atoms with Crippen molar-refractivity contribution in [3.05, 3.63) is 226 Å². The lowest BCUT2D eigenvalue weighted by Gasteiger charge is -2.48. The summed E-state index contributed by atoms with van der Waals surface area (Å²) >= 11 is 0. The molecular weight excluding hydrogens is 1030 g/mol. The quantitative estimate of drug-likeness (QED) is 0.154. The molecule has 0 radical (unpaired) electrons. The molecule has 2 aliphatic heterocycles. The average molecular weight is 1110 g/mol. The van der Waals surface area contributed by atoms with E-state index in [1.165, 1.54) is 130 Å². The Morgan fingerprint density at radius 1 is 0.365 bits per heavy atom. The van der Waals surface area contributed by atoms with E-state index in [9.17, 15) is 0 Å². The van der Waals surface area contributed by atoms with Crippen LogP contribution in [0, 0.1) is 0 Å². The minimum atomic E-state index is -0.218. The molecule has 0 bridgehead atoms. The highest BCUT2D eigenvalue weighted by atomic mass is 15.2. The van der Waals surface area contributed by atoms with E-state index >= 15 is 0 Å². The standard InChI is InChI=1S/C81H86BN3/c1-75(2,3)53-27-31-55(32-28-53)83(56-33-29-54(30-34-56)76(4,5)6)59-45-63-62-49-67-61(60-24-20-21-25-64(60)81(67,15)16)50-72(62)85(58-36-38-66-69(47-58)80(13,14)43-41-78(66,9)10)82-70-44-52(51-22-18-17-19-23-51)26-39-71(70)84(73(48-59)74(63)82)57-35-37-65-68(46-57)79(11,12)42-40-77(65,7)8/h17-39,44-50H,40-43H2,1-16H3. The van der Waals surface area contributed by atoms with Crippen LogP contribution < -0.4 is 25.5 Å². The molecule has 14 rings (SSSR count). The van der Waals surface area contributed by atoms with E-state index in [0.29, 0.717) is 0 Å². The number of anilines is 8. The zero-order valence-corrected chi connectivity index (χ0v) is 53.6. The summed E-state index contributed by atoms with van der Waals surface area (Å²) < 4.78 is 0. The molecule has 0 fully saturated rings. The van der Waals surface area contributed by atoms with Crippen molar-refractivity contribution in [3.63, 3.8) is 0 Å². The maximum atomic E-state index is 2.80. The smallest absolute Gasteiger partial charge is 0.333 e. The molecule has 2 heterocycles. The Labute approximate surface area is 509 Å². The third-order valence-electron chi connectivity index (χ3n) is 21.3. The predicted molar refractivity (Wildman–Crippen MR) is 366 cm³/mol. The van der Waals surface area contributed by atoms with E-state index in [1.54, 1.807) is 0 Å². The number of hydrogen-bond acceptors (Lipinski definition) is 3. The van der Waals surface area contributed by atoms with Crippen molar-refractivity contribution in [2.45, 2.75) is 174 Å². The SMILES string of the molecule is CC(C)(C)c1ccc(N(c2ccc(C(C)(C)C)cc2)c2cc3c4c(c2)N(c2ccc5c(c2)C(C)(C)CCC5(C)C)c2ccc(-c5ccccc5)cc2B4N(c2ccc4c(c2)C(C)(C)CCC4(C)C)c2cc4c(cc2-3)C(C)(C)c2ccccc2-4)cc1. The Morgan fingerprint density at radius 2 is 0.894 bits per heavy atom. The summed E-state index contributed by atoms with van der Waals surface area (Å²) in [4.78, 5) is 8.02. The molecule has 4 heteroatoms. The monoisotopic (exact) mass is 1110 g/mol. The van der Waals surface area contributed by atoms with Gasteiger partial charge in [0.25, 0.3) is 0 Å². The molecule has 0 spiro atoms. The number of benzene rings is 9.